The zero-order valence-electron chi connectivity index (χ0n) is 15.2. The second-order valence-electron chi connectivity index (χ2n) is 6.36. The van der Waals surface area contributed by atoms with E-state index >= 15 is 0 Å². The molecule has 0 atom stereocenters. The van der Waals surface area contributed by atoms with E-state index < -0.39 is 4.75 Å². The maximum absolute atomic E-state index is 6.18. The Morgan fingerprint density at radius 1 is 0.821 bits per heavy atom. The van der Waals surface area contributed by atoms with Crippen LogP contribution < -0.4 is 5.73 Å². The van der Waals surface area contributed by atoms with Gasteiger partial charge in [0, 0.05) is 16.8 Å². The molecule has 0 bridgehead atoms. The molecule has 4 rings (SSSR count). The van der Waals surface area contributed by atoms with Gasteiger partial charge in [0.2, 0.25) is 0 Å². The smallest absolute Gasteiger partial charge is 0.0948 e. The third-order valence-corrected chi connectivity index (χ3v) is 6.66. The number of anilines is 1. The van der Waals surface area contributed by atoms with Crippen LogP contribution in [-0.4, -0.2) is 4.98 Å². The van der Waals surface area contributed by atoms with Crippen LogP contribution in [0.25, 0.3) is 6.08 Å². The van der Waals surface area contributed by atoms with Gasteiger partial charge in [-0.15, -0.1) is 23.1 Å². The number of thioether (sulfide) groups is 1. The molecule has 4 heteroatoms. The number of benzene rings is 3. The zero-order valence-corrected chi connectivity index (χ0v) is 16.9. The topological polar surface area (TPSA) is 38.9 Å². The van der Waals surface area contributed by atoms with Crippen molar-refractivity contribution in [1.82, 2.24) is 4.98 Å². The summed E-state index contributed by atoms with van der Waals surface area (Å²) >= 11 is 3.41. The van der Waals surface area contributed by atoms with Crippen molar-refractivity contribution in [2.24, 2.45) is 0 Å². The average molecular weight is 401 g/mol. The Labute approximate surface area is 173 Å². The van der Waals surface area contributed by atoms with E-state index in [0.29, 0.717) is 0 Å². The highest BCUT2D eigenvalue weighted by Gasteiger charge is 2.36. The minimum Gasteiger partial charge on any atom is -0.399 e. The number of aromatic nitrogens is 1. The first-order chi connectivity index (χ1) is 13.8. The fourth-order valence-electron chi connectivity index (χ4n) is 3.32. The average Bonchev–Trinajstić information content (AvgIpc) is 3.26. The largest absolute Gasteiger partial charge is 0.399 e. The maximum atomic E-state index is 6.18. The summed E-state index contributed by atoms with van der Waals surface area (Å²) in [5.74, 6) is 0. The molecular weight excluding hydrogens is 380 g/mol. The first-order valence-corrected chi connectivity index (χ1v) is 10.7. The summed E-state index contributed by atoms with van der Waals surface area (Å²) in [6.45, 7) is 0. The molecular formula is C24H20N2S2. The van der Waals surface area contributed by atoms with E-state index in [1.165, 1.54) is 11.1 Å². The zero-order chi connectivity index (χ0) is 19.2. The molecule has 0 spiro atoms. The standard InChI is InChI=1S/C24H20N2S2/c25-22-13-7-12-21(16-22)24(19-8-3-1-4-9-19,20-10-5-2-6-11-20)28-15-14-23-17-26-18-27-23/h1-18H,25H2/b15-14-. The highest BCUT2D eigenvalue weighted by Crippen LogP contribution is 2.49. The Bertz CT molecular complexity index is 1000. The van der Waals surface area contributed by atoms with Crippen molar-refractivity contribution in [3.05, 3.63) is 124 Å². The lowest BCUT2D eigenvalue weighted by Crippen LogP contribution is -2.25. The van der Waals surface area contributed by atoms with Crippen LogP contribution in [0.3, 0.4) is 0 Å². The Hall–Kier alpha value is -2.82. The Morgan fingerprint density at radius 3 is 2.04 bits per heavy atom. The van der Waals surface area contributed by atoms with Gasteiger partial charge in [-0.2, -0.15) is 0 Å². The molecule has 0 radical (unpaired) electrons. The van der Waals surface area contributed by atoms with E-state index in [2.05, 4.69) is 89.3 Å². The number of nitrogens with two attached hydrogens (primary N) is 1. The van der Waals surface area contributed by atoms with E-state index in [1.807, 2.05) is 23.8 Å². The molecule has 2 N–H and O–H groups in total. The molecule has 1 heterocycles. The Balaban J connectivity index is 1.91. The minimum atomic E-state index is -0.404. The number of nitrogen functional groups attached to an aromatic ring is 1. The number of rotatable bonds is 6. The maximum Gasteiger partial charge on any atom is 0.0948 e. The molecule has 138 valence electrons. The predicted octanol–water partition coefficient (Wildman–Crippen LogP) is 6.42. The molecule has 0 saturated carbocycles. The second kappa shape index (κ2) is 8.46. The first kappa shape index (κ1) is 18.5. The second-order valence-corrected chi connectivity index (χ2v) is 8.40. The van der Waals surface area contributed by atoms with Crippen LogP contribution in [0.15, 0.2) is 102 Å². The summed E-state index contributed by atoms with van der Waals surface area (Å²) in [7, 11) is 0. The molecule has 2 nitrogen and oxygen atoms in total. The first-order valence-electron chi connectivity index (χ1n) is 8.99. The quantitative estimate of drug-likeness (QED) is 0.300. The molecule has 0 fully saturated rings. The van der Waals surface area contributed by atoms with Gasteiger partial charge in [0.25, 0.3) is 0 Å². The van der Waals surface area contributed by atoms with Gasteiger partial charge in [0.05, 0.1) is 10.3 Å². The molecule has 0 aliphatic rings. The highest BCUT2D eigenvalue weighted by molar-refractivity contribution is 8.03. The summed E-state index contributed by atoms with van der Waals surface area (Å²) in [4.78, 5) is 5.30. The lowest BCUT2D eigenvalue weighted by molar-refractivity contribution is 0.901. The van der Waals surface area contributed by atoms with Crippen molar-refractivity contribution in [1.29, 1.82) is 0 Å². The van der Waals surface area contributed by atoms with Crippen molar-refractivity contribution >= 4 is 34.9 Å². The lowest BCUT2D eigenvalue weighted by atomic mass is 9.84. The van der Waals surface area contributed by atoms with Gasteiger partial charge in [-0.05, 0) is 40.3 Å². The highest BCUT2D eigenvalue weighted by atomic mass is 32.2. The third-order valence-electron chi connectivity index (χ3n) is 4.58. The van der Waals surface area contributed by atoms with Crippen LogP contribution in [0.4, 0.5) is 5.69 Å². The minimum absolute atomic E-state index is 0.404. The van der Waals surface area contributed by atoms with E-state index in [4.69, 9.17) is 5.73 Å². The molecule has 1 aromatic heterocycles. The summed E-state index contributed by atoms with van der Waals surface area (Å²) in [6, 6.07) is 29.4. The van der Waals surface area contributed by atoms with E-state index in [-0.39, 0.29) is 0 Å². The van der Waals surface area contributed by atoms with Crippen LogP contribution in [0.1, 0.15) is 21.6 Å². The molecule has 0 saturated heterocycles. The Morgan fingerprint density at radius 2 is 1.46 bits per heavy atom. The number of hydrogen-bond acceptors (Lipinski definition) is 4. The number of nitrogens with zero attached hydrogens (tertiary/aromatic N) is 1. The monoisotopic (exact) mass is 400 g/mol. The summed E-state index contributed by atoms with van der Waals surface area (Å²) in [5.41, 5.74) is 12.4. The number of thiazole rings is 1. The molecule has 3 aromatic carbocycles. The molecule has 0 aliphatic heterocycles. The van der Waals surface area contributed by atoms with Gasteiger partial charge in [-0.25, -0.2) is 0 Å². The van der Waals surface area contributed by atoms with E-state index in [0.717, 1.165) is 16.1 Å². The third kappa shape index (κ3) is 3.75. The fourth-order valence-corrected chi connectivity index (χ4v) is 5.14. The molecule has 0 amide bonds. The van der Waals surface area contributed by atoms with Crippen LogP contribution in [-0.2, 0) is 4.75 Å². The van der Waals surface area contributed by atoms with Crippen LogP contribution in [0.5, 0.6) is 0 Å². The lowest BCUT2D eigenvalue weighted by Gasteiger charge is -2.34. The van der Waals surface area contributed by atoms with Crippen molar-refractivity contribution in [3.63, 3.8) is 0 Å². The van der Waals surface area contributed by atoms with Gasteiger partial charge in [-0.3, -0.25) is 4.98 Å². The predicted molar refractivity (Wildman–Crippen MR) is 122 cm³/mol. The van der Waals surface area contributed by atoms with E-state index in [9.17, 15) is 0 Å². The molecule has 28 heavy (non-hydrogen) atoms. The van der Waals surface area contributed by atoms with Gasteiger partial charge < -0.3 is 5.73 Å². The van der Waals surface area contributed by atoms with Crippen molar-refractivity contribution < 1.29 is 0 Å². The van der Waals surface area contributed by atoms with Crippen LogP contribution in [0, 0.1) is 0 Å². The van der Waals surface area contributed by atoms with Crippen LogP contribution >= 0.6 is 23.1 Å². The van der Waals surface area contributed by atoms with Crippen molar-refractivity contribution in [3.8, 4) is 0 Å². The fraction of sp³-hybridized carbons (Fsp3) is 0.0417. The van der Waals surface area contributed by atoms with Gasteiger partial charge in [0.15, 0.2) is 0 Å². The molecule has 4 aromatic rings. The normalized spacial score (nSPS) is 11.7. The van der Waals surface area contributed by atoms with Crippen LogP contribution in [0.2, 0.25) is 0 Å². The summed E-state index contributed by atoms with van der Waals surface area (Å²) in [5, 5.41) is 2.16. The van der Waals surface area contributed by atoms with Crippen molar-refractivity contribution in [2.45, 2.75) is 4.75 Å². The molecule has 0 aliphatic carbocycles. The number of hydrogen-bond donors (Lipinski definition) is 1. The van der Waals surface area contributed by atoms with Gasteiger partial charge in [0.1, 0.15) is 0 Å². The van der Waals surface area contributed by atoms with Crippen molar-refractivity contribution in [2.75, 3.05) is 5.73 Å². The van der Waals surface area contributed by atoms with Gasteiger partial charge >= 0.3 is 0 Å². The van der Waals surface area contributed by atoms with Gasteiger partial charge in [-0.1, -0.05) is 72.8 Å². The summed E-state index contributed by atoms with van der Waals surface area (Å²) < 4.78 is -0.404. The van der Waals surface area contributed by atoms with E-state index in [1.54, 1.807) is 23.1 Å². The molecule has 0 unspecified atom stereocenters. The Kier molecular flexibility index (Phi) is 5.60. The summed E-state index contributed by atoms with van der Waals surface area (Å²) in [6.07, 6.45) is 4.00. The SMILES string of the molecule is Nc1cccc(C(S/C=C\c2cncs2)(c2ccccc2)c2ccccc2)c1.